The van der Waals surface area contributed by atoms with Gasteiger partial charge in [0.25, 0.3) is 0 Å². The summed E-state index contributed by atoms with van der Waals surface area (Å²) in [5.41, 5.74) is 13.3. The third-order valence-electron chi connectivity index (χ3n) is 17.4. The molecule has 14 rings (SSSR count). The molecule has 0 spiro atoms. The molecule has 8 atom stereocenters. The van der Waals surface area contributed by atoms with Gasteiger partial charge in [0, 0.05) is 12.1 Å². The summed E-state index contributed by atoms with van der Waals surface area (Å²) >= 11 is 3.32. The van der Waals surface area contributed by atoms with Crippen LogP contribution in [0.5, 0.6) is 0 Å². The zero-order valence-electron chi connectivity index (χ0n) is 44.3. The van der Waals surface area contributed by atoms with Crippen molar-refractivity contribution in [3.8, 4) is 22.3 Å². The first-order chi connectivity index (χ1) is 37.1. The third kappa shape index (κ3) is 10.6. The number of aryl methyl sites for hydroxylation is 4. The fraction of sp³-hybridized carbons (Fsp3) is 0.500. The topological polar surface area (TPSA) is 175 Å². The van der Waals surface area contributed by atoms with E-state index < -0.39 is 24.3 Å². The van der Waals surface area contributed by atoms with Crippen molar-refractivity contribution in [2.45, 2.75) is 139 Å². The first-order valence-electron chi connectivity index (χ1n) is 27.7. The minimum atomic E-state index is -0.678. The van der Waals surface area contributed by atoms with E-state index in [-0.39, 0.29) is 36.0 Å². The van der Waals surface area contributed by atoms with Crippen LogP contribution in [-0.4, -0.2) is 116 Å². The Morgan fingerprint density at radius 2 is 1.01 bits per heavy atom. The smallest absolute Gasteiger partial charge is 0.407 e. The van der Waals surface area contributed by atoms with Gasteiger partial charge in [-0.15, -0.1) is 0 Å². The monoisotopic (exact) mass is 1060 g/mol. The van der Waals surface area contributed by atoms with Gasteiger partial charge in [-0.05, 0) is 182 Å². The lowest BCUT2D eigenvalue weighted by Crippen LogP contribution is -2.52. The molecule has 4 amide bonds. The van der Waals surface area contributed by atoms with Crippen molar-refractivity contribution in [3.05, 3.63) is 107 Å². The van der Waals surface area contributed by atoms with Gasteiger partial charge in [0.2, 0.25) is 11.8 Å². The predicted molar refractivity (Wildman–Crippen MR) is 302 cm³/mol. The number of aromatic amines is 2. The molecule has 6 aromatic rings. The average Bonchev–Trinajstić information content (AvgIpc) is 4.26. The van der Waals surface area contributed by atoms with Crippen LogP contribution in [0.4, 0.5) is 9.59 Å². The number of alkyl carbamates (subject to hydrolysis) is 2. The molecule has 2 saturated heterocycles. The molecule has 16 heteroatoms. The zero-order valence-corrected chi connectivity index (χ0v) is 46.0. The minimum absolute atomic E-state index is 0.0572. The van der Waals surface area contributed by atoms with Gasteiger partial charge in [-0.25, -0.2) is 19.6 Å². The Kier molecular flexibility index (Phi) is 15.7. The number of fused-ring (bicyclic) bond motifs is 4. The molecule has 4 fully saturated rings. The van der Waals surface area contributed by atoms with Gasteiger partial charge in [0.05, 0.1) is 48.4 Å². The van der Waals surface area contributed by atoms with Crippen molar-refractivity contribution in [2.24, 2.45) is 11.8 Å². The molecule has 4 bridgehead atoms. The van der Waals surface area contributed by atoms with Gasteiger partial charge >= 0.3 is 12.2 Å². The Morgan fingerprint density at radius 3 is 1.42 bits per heavy atom. The number of methoxy groups -OCH3 is 2. The predicted octanol–water partition coefficient (Wildman–Crippen LogP) is 11.3. The minimum Gasteiger partial charge on any atom is -0.453 e. The molecule has 2 aromatic heterocycles. The molecule has 0 radical (unpaired) electrons. The molecule has 14 nitrogen and oxygen atoms in total. The molecule has 4 heterocycles. The molecule has 76 heavy (non-hydrogen) atoms. The molecule has 4 N–H and O–H groups in total. The van der Waals surface area contributed by atoms with Gasteiger partial charge < -0.3 is 39.9 Å². The number of hydrogen-bond acceptors (Lipinski definition) is 10. The van der Waals surface area contributed by atoms with Crippen LogP contribution in [0.15, 0.2) is 72.8 Å². The summed E-state index contributed by atoms with van der Waals surface area (Å²) in [5.74, 6) is 3.72. The summed E-state index contributed by atoms with van der Waals surface area (Å²) in [4.78, 5) is 76.5. The lowest BCUT2D eigenvalue weighted by atomic mass is 9.84. The highest BCUT2D eigenvalue weighted by Crippen LogP contribution is 2.48. The maximum absolute atomic E-state index is 14.6. The number of hydrogen-bond donors (Lipinski definition) is 4. The van der Waals surface area contributed by atoms with E-state index in [0.717, 1.165) is 146 Å². The number of likely N-dealkylation sites (tertiary alicyclic amines) is 2. The molecule has 400 valence electrons. The summed E-state index contributed by atoms with van der Waals surface area (Å²) in [5, 5.41) is 5.74. The number of carbonyl (C=O) groups excluding carboxylic acids is 4. The molecule has 4 aromatic carbocycles. The number of nitrogens with one attached hydrogen (secondary N) is 4. The van der Waals surface area contributed by atoms with E-state index in [4.69, 9.17) is 19.4 Å². The van der Waals surface area contributed by atoms with Crippen LogP contribution in [0.1, 0.15) is 123 Å². The number of imidazole rings is 2. The van der Waals surface area contributed by atoms with E-state index in [2.05, 4.69) is 103 Å². The number of amides is 4. The molecule has 8 aliphatic rings. The molecule has 2 saturated carbocycles. The normalized spacial score (nSPS) is 22.9. The fourth-order valence-electron chi connectivity index (χ4n) is 13.6. The van der Waals surface area contributed by atoms with Crippen LogP contribution in [0, 0.1) is 11.8 Å². The Labute approximate surface area is 454 Å². The van der Waals surface area contributed by atoms with Crippen molar-refractivity contribution in [1.29, 1.82) is 0 Å². The van der Waals surface area contributed by atoms with Crippen LogP contribution in [0.25, 0.3) is 44.3 Å². The number of rotatable bonds is 14. The van der Waals surface area contributed by atoms with Crippen molar-refractivity contribution >= 4 is 69.6 Å². The van der Waals surface area contributed by atoms with E-state index in [9.17, 15) is 19.2 Å². The fourth-order valence-corrected chi connectivity index (χ4v) is 14.5. The maximum atomic E-state index is 14.6. The molecule has 2 aliphatic heterocycles. The lowest BCUT2D eigenvalue weighted by Gasteiger charge is -2.36. The van der Waals surface area contributed by atoms with E-state index >= 15 is 0 Å². The summed E-state index contributed by atoms with van der Waals surface area (Å²) in [6.45, 7) is 0. The maximum Gasteiger partial charge on any atom is 0.407 e. The number of H-pyrrole nitrogens is 2. The third-order valence-corrected chi connectivity index (χ3v) is 18.7. The Morgan fingerprint density at radius 1 is 0.592 bits per heavy atom. The van der Waals surface area contributed by atoms with Crippen molar-refractivity contribution < 1.29 is 28.7 Å². The largest absolute Gasteiger partial charge is 0.453 e. The van der Waals surface area contributed by atoms with Crippen molar-refractivity contribution in [2.75, 3.05) is 38.2 Å². The summed E-state index contributed by atoms with van der Waals surface area (Å²) in [7, 11) is 2.68. The Bertz CT molecular complexity index is 2900. The molecule has 4 unspecified atom stereocenters. The lowest BCUT2D eigenvalue weighted by molar-refractivity contribution is -0.138. The first-order valence-corrected chi connectivity index (χ1v) is 30.4. The average molecular weight is 1070 g/mol. The van der Waals surface area contributed by atoms with Gasteiger partial charge in [0.1, 0.15) is 23.7 Å². The van der Waals surface area contributed by atoms with E-state index in [1.54, 1.807) is 23.5 Å². The molecular formula is C60H72N8O6S2. The number of ether oxygens (including phenoxy) is 2. The van der Waals surface area contributed by atoms with Gasteiger partial charge in [0.15, 0.2) is 0 Å². The Balaban J connectivity index is 0.932. The number of nitrogens with zero attached hydrogens (tertiary/aromatic N) is 4. The summed E-state index contributed by atoms with van der Waals surface area (Å²) < 4.78 is 9.96. The number of aromatic nitrogens is 4. The van der Waals surface area contributed by atoms with Crippen LogP contribution in [0.2, 0.25) is 0 Å². The first kappa shape index (κ1) is 52.1. The quantitative estimate of drug-likeness (QED) is 0.0822. The molecular weight excluding hydrogens is 993 g/mol. The van der Waals surface area contributed by atoms with Gasteiger partial charge in [-0.1, -0.05) is 74.2 Å². The molecule has 6 aliphatic carbocycles. The Hall–Kier alpha value is -6.00. The van der Waals surface area contributed by atoms with Gasteiger partial charge in [-0.2, -0.15) is 23.5 Å². The number of carbonyl (C=O) groups is 4. The highest BCUT2D eigenvalue weighted by molar-refractivity contribution is 7.98. The van der Waals surface area contributed by atoms with Crippen LogP contribution >= 0.6 is 23.5 Å². The zero-order chi connectivity index (χ0) is 52.5. The van der Waals surface area contributed by atoms with Gasteiger partial charge in [-0.3, -0.25) is 9.59 Å². The van der Waals surface area contributed by atoms with Crippen LogP contribution < -0.4 is 10.6 Å². The van der Waals surface area contributed by atoms with Crippen LogP contribution in [0.3, 0.4) is 0 Å². The highest BCUT2D eigenvalue weighted by atomic mass is 32.2. The van der Waals surface area contributed by atoms with Crippen molar-refractivity contribution in [3.63, 3.8) is 0 Å². The highest BCUT2D eigenvalue weighted by Gasteiger charge is 2.49. The van der Waals surface area contributed by atoms with Crippen molar-refractivity contribution in [1.82, 2.24) is 40.4 Å². The summed E-state index contributed by atoms with van der Waals surface area (Å²) in [6.07, 6.45) is 17.6. The second-order valence-electron chi connectivity index (χ2n) is 21.8. The summed E-state index contributed by atoms with van der Waals surface area (Å²) in [6, 6.07) is 25.5. The SMILES string of the molecule is COC(=O)N[C@@H](CCSC)C(=O)N1C2CCCCC2C[C@H]1c1nc2cc(-c3cc4c(-c5ccc6[nH]c([C@@H]7CC8CCCCC8N7C(=O)[C@H](CCSC)NC(=O)OC)nc6c5)cc3CCc3ccc(cc3)CC4)ccc2[nH]1. The second kappa shape index (κ2) is 22.9. The van der Waals surface area contributed by atoms with E-state index in [0.29, 0.717) is 24.7 Å². The number of benzene rings is 4. The standard InChI is InChI=1S/C60H72N8O6S2/c1-73-59(71)65-47(25-27-75-3)57(69)67-51-11-7-5-9-41(51)33-53(67)55-61-45-23-21-39(31-49(45)63-55)43-29-38-20-18-36-15-13-35(14-16-36)17-19-37(43)30-44(38)40-22-24-46-50(32-40)64-56(62-46)54-34-42-10-6-8-12-52(42)68(54)58(70)48(26-28-76-4)66-60(72)74-2/h13-16,21-24,29-32,41-42,47-48,51-54H,5-12,17-20,25-28,33-34H2,1-4H3,(H,61,63)(H,62,64)(H,65,71)(H,66,72)/t41?,42?,47-,48-,51?,52?,53-,54-/m0/s1. The number of thioether (sulfide) groups is 2. The second-order valence-corrected chi connectivity index (χ2v) is 23.8. The van der Waals surface area contributed by atoms with E-state index in [1.807, 2.05) is 12.5 Å². The van der Waals surface area contributed by atoms with Crippen LogP contribution in [-0.2, 0) is 44.7 Å². The van der Waals surface area contributed by atoms with E-state index in [1.165, 1.54) is 47.6 Å².